The highest BCUT2D eigenvalue weighted by Gasteiger charge is 2.43. The zero-order valence-corrected chi connectivity index (χ0v) is 27.4. The molecule has 4 aromatic rings. The van der Waals surface area contributed by atoms with Crippen molar-refractivity contribution in [3.63, 3.8) is 0 Å². The van der Waals surface area contributed by atoms with Crippen LogP contribution in [0.15, 0.2) is 124 Å². The van der Waals surface area contributed by atoms with Crippen molar-refractivity contribution in [1.82, 2.24) is 14.0 Å². The zero-order valence-electron chi connectivity index (χ0n) is 25.8. The summed E-state index contributed by atoms with van der Waals surface area (Å²) in [5.74, 6) is -0.256. The molecular weight excluding hydrogens is 659 g/mol. The number of amides is 2. The number of anilines is 1. The van der Waals surface area contributed by atoms with Gasteiger partial charge in [0.1, 0.15) is 17.5 Å². The molecule has 0 spiro atoms. The fourth-order valence-electron chi connectivity index (χ4n) is 4.91. The first kappa shape index (κ1) is 34.3. The number of hydrazone groups is 1. The Labute approximate surface area is 278 Å². The quantitative estimate of drug-likeness (QED) is 0.169. The van der Waals surface area contributed by atoms with E-state index in [1.54, 1.807) is 84.9 Å². The minimum absolute atomic E-state index is 0.0229. The smallest absolute Gasteiger partial charge is 0.262 e. The third-order valence-electron chi connectivity index (χ3n) is 7.35. The molecule has 13 nitrogen and oxygen atoms in total. The molecule has 1 fully saturated rings. The van der Waals surface area contributed by atoms with Crippen LogP contribution in [-0.4, -0.2) is 82.9 Å². The predicted octanol–water partition coefficient (Wildman–Crippen LogP) is 2.93. The molecule has 0 unspecified atom stereocenters. The van der Waals surface area contributed by atoms with Gasteiger partial charge in [0.2, 0.25) is 20.0 Å². The summed E-state index contributed by atoms with van der Waals surface area (Å²) >= 11 is 0. The standard InChI is InChI=1S/C33H33N5O8S2/c1-45-31-15-9-8-14-29(31)35-32(39)24-46-26-18-16-25(17-19-26)22-34-36-33(40)30-23-37(47(41,42)27-10-4-2-5-11-27)20-21-38(30)48(43,44)28-12-6-3-7-13-28/h2-19,22,30H,20-21,23-24H2,1H3,(H,35,39)(H,36,40)/b34-22-/t30-/m1/s1. The largest absolute Gasteiger partial charge is 0.495 e. The molecule has 1 aliphatic rings. The van der Waals surface area contributed by atoms with Gasteiger partial charge >= 0.3 is 0 Å². The maximum atomic E-state index is 13.6. The van der Waals surface area contributed by atoms with Crippen molar-refractivity contribution in [2.75, 3.05) is 38.7 Å². The Balaban J connectivity index is 1.24. The number of piperazine rings is 1. The molecule has 0 saturated carbocycles. The molecule has 15 heteroatoms. The summed E-state index contributed by atoms with van der Waals surface area (Å²) in [7, 11) is -6.66. The van der Waals surface area contributed by atoms with Gasteiger partial charge in [0.15, 0.2) is 6.61 Å². The molecule has 0 aromatic heterocycles. The molecule has 2 amide bonds. The SMILES string of the molecule is COc1ccccc1NC(=O)COc1ccc(/C=N\NC(=O)[C@H]2CN(S(=O)(=O)c3ccccc3)CCN2S(=O)(=O)c2ccccc2)cc1. The zero-order chi connectivity index (χ0) is 34.1. The molecule has 0 radical (unpaired) electrons. The second-order valence-electron chi connectivity index (χ2n) is 10.5. The van der Waals surface area contributed by atoms with Crippen LogP contribution in [0.3, 0.4) is 0 Å². The Morgan fingerprint density at radius 3 is 2.06 bits per heavy atom. The van der Waals surface area contributed by atoms with E-state index in [1.165, 1.54) is 37.6 Å². The van der Waals surface area contributed by atoms with E-state index in [0.29, 0.717) is 22.7 Å². The topological polar surface area (TPSA) is 164 Å². The van der Waals surface area contributed by atoms with Crippen molar-refractivity contribution >= 4 is 43.8 Å². The Bertz CT molecular complexity index is 1980. The molecule has 5 rings (SSSR count). The number of nitrogens with zero attached hydrogens (tertiary/aromatic N) is 3. The minimum atomic E-state index is -4.15. The van der Waals surface area contributed by atoms with Gasteiger partial charge < -0.3 is 14.8 Å². The van der Waals surface area contributed by atoms with Crippen LogP contribution in [0, 0.1) is 0 Å². The fourth-order valence-corrected chi connectivity index (χ4v) is 7.96. The lowest BCUT2D eigenvalue weighted by molar-refractivity contribution is -0.125. The minimum Gasteiger partial charge on any atom is -0.495 e. The molecule has 1 aliphatic heterocycles. The first-order valence-corrected chi connectivity index (χ1v) is 17.6. The number of benzene rings is 4. The number of ether oxygens (including phenoxy) is 2. The van der Waals surface area contributed by atoms with E-state index < -0.39 is 38.5 Å². The lowest BCUT2D eigenvalue weighted by atomic mass is 10.2. The summed E-state index contributed by atoms with van der Waals surface area (Å²) in [6.07, 6.45) is 1.34. The molecule has 48 heavy (non-hydrogen) atoms. The number of carbonyl (C=O) groups is 2. The summed E-state index contributed by atoms with van der Waals surface area (Å²) in [6, 6.07) is 27.4. The number of hydrogen-bond donors (Lipinski definition) is 2. The summed E-state index contributed by atoms with van der Waals surface area (Å²) in [4.78, 5) is 25.8. The normalized spacial score (nSPS) is 15.9. The van der Waals surface area contributed by atoms with Gasteiger partial charge in [-0.25, -0.2) is 22.3 Å². The van der Waals surface area contributed by atoms with Crippen molar-refractivity contribution in [3.05, 3.63) is 115 Å². The first-order chi connectivity index (χ1) is 23.1. The molecule has 0 aliphatic carbocycles. The van der Waals surface area contributed by atoms with E-state index in [0.717, 1.165) is 8.61 Å². The molecule has 250 valence electrons. The second-order valence-corrected chi connectivity index (χ2v) is 14.3. The monoisotopic (exact) mass is 691 g/mol. The summed E-state index contributed by atoms with van der Waals surface area (Å²) in [6.45, 7) is -1.06. The maximum Gasteiger partial charge on any atom is 0.262 e. The highest BCUT2D eigenvalue weighted by Crippen LogP contribution is 2.26. The third-order valence-corrected chi connectivity index (χ3v) is 11.1. The maximum absolute atomic E-state index is 13.6. The van der Waals surface area contributed by atoms with Crippen LogP contribution in [0.25, 0.3) is 0 Å². The van der Waals surface area contributed by atoms with E-state index >= 15 is 0 Å². The van der Waals surface area contributed by atoms with Crippen LogP contribution in [0.4, 0.5) is 5.69 Å². The Kier molecular flexibility index (Phi) is 10.9. The first-order valence-electron chi connectivity index (χ1n) is 14.7. The number of sulfonamides is 2. The highest BCUT2D eigenvalue weighted by atomic mass is 32.2. The summed E-state index contributed by atoms with van der Waals surface area (Å²) in [5.41, 5.74) is 3.44. The van der Waals surface area contributed by atoms with E-state index in [1.807, 2.05) is 0 Å². The van der Waals surface area contributed by atoms with Gasteiger partial charge in [0, 0.05) is 19.6 Å². The lowest BCUT2D eigenvalue weighted by Gasteiger charge is -2.38. The fraction of sp³-hybridized carbons (Fsp3) is 0.182. The molecule has 1 saturated heterocycles. The van der Waals surface area contributed by atoms with Crippen LogP contribution in [-0.2, 0) is 29.6 Å². The Morgan fingerprint density at radius 1 is 0.812 bits per heavy atom. The van der Waals surface area contributed by atoms with Crippen LogP contribution in [0.1, 0.15) is 5.56 Å². The number of hydrogen-bond acceptors (Lipinski definition) is 9. The van der Waals surface area contributed by atoms with Crippen LogP contribution < -0.4 is 20.2 Å². The van der Waals surface area contributed by atoms with E-state index in [-0.39, 0.29) is 35.4 Å². The van der Waals surface area contributed by atoms with Gasteiger partial charge in [-0.15, -0.1) is 0 Å². The molecule has 2 N–H and O–H groups in total. The number of carbonyl (C=O) groups excluding carboxylic acids is 2. The van der Waals surface area contributed by atoms with Gasteiger partial charge in [-0.2, -0.15) is 13.7 Å². The van der Waals surface area contributed by atoms with Crippen LogP contribution in [0.5, 0.6) is 11.5 Å². The Morgan fingerprint density at radius 2 is 1.42 bits per heavy atom. The average Bonchev–Trinajstić information content (AvgIpc) is 3.12. The van der Waals surface area contributed by atoms with Gasteiger partial charge in [-0.05, 0) is 66.2 Å². The number of methoxy groups -OCH3 is 1. The average molecular weight is 692 g/mol. The molecule has 4 aromatic carbocycles. The van der Waals surface area contributed by atoms with Crippen molar-refractivity contribution in [3.8, 4) is 11.5 Å². The van der Waals surface area contributed by atoms with Gasteiger partial charge in [-0.1, -0.05) is 48.5 Å². The van der Waals surface area contributed by atoms with Crippen LogP contribution >= 0.6 is 0 Å². The van der Waals surface area contributed by atoms with Gasteiger partial charge in [-0.3, -0.25) is 9.59 Å². The summed E-state index contributed by atoms with van der Waals surface area (Å²) < 4.78 is 66.7. The van der Waals surface area contributed by atoms with Crippen molar-refractivity contribution in [1.29, 1.82) is 0 Å². The molecule has 0 bridgehead atoms. The predicted molar refractivity (Wildman–Crippen MR) is 179 cm³/mol. The second kappa shape index (κ2) is 15.2. The van der Waals surface area contributed by atoms with E-state index in [9.17, 15) is 26.4 Å². The van der Waals surface area contributed by atoms with Gasteiger partial charge in [0.05, 0.1) is 28.8 Å². The van der Waals surface area contributed by atoms with Crippen molar-refractivity contribution in [2.24, 2.45) is 5.10 Å². The van der Waals surface area contributed by atoms with Crippen molar-refractivity contribution in [2.45, 2.75) is 15.8 Å². The summed E-state index contributed by atoms with van der Waals surface area (Å²) in [5, 5.41) is 6.71. The molecular formula is C33H33N5O8S2. The number of para-hydroxylation sites is 2. The number of rotatable bonds is 12. The Hall–Kier alpha value is -5.09. The molecule has 1 heterocycles. The highest BCUT2D eigenvalue weighted by molar-refractivity contribution is 7.89. The third kappa shape index (κ3) is 8.06. The number of nitrogens with one attached hydrogen (secondary N) is 2. The van der Waals surface area contributed by atoms with Crippen LogP contribution in [0.2, 0.25) is 0 Å². The van der Waals surface area contributed by atoms with E-state index in [2.05, 4.69) is 15.8 Å². The van der Waals surface area contributed by atoms with Crippen molar-refractivity contribution < 1.29 is 35.9 Å². The van der Waals surface area contributed by atoms with Gasteiger partial charge in [0.25, 0.3) is 11.8 Å². The lowest BCUT2D eigenvalue weighted by Crippen LogP contribution is -2.60. The molecule has 1 atom stereocenters. The van der Waals surface area contributed by atoms with E-state index in [4.69, 9.17) is 9.47 Å².